The zero-order valence-electron chi connectivity index (χ0n) is 15.3. The first-order valence-electron chi connectivity index (χ1n) is 8.52. The summed E-state index contributed by atoms with van der Waals surface area (Å²) in [5, 5.41) is 5.70. The number of carbonyl (C=O) groups is 2. The maximum Gasteiger partial charge on any atom is 0.258 e. The maximum atomic E-state index is 12.7. The minimum absolute atomic E-state index is 0.129. The van der Waals surface area contributed by atoms with Crippen molar-refractivity contribution in [1.82, 2.24) is 5.32 Å². The highest BCUT2D eigenvalue weighted by molar-refractivity contribution is 14.1. The molecule has 0 spiro atoms. The number of ether oxygens (including phenoxy) is 1. The van der Waals surface area contributed by atoms with Crippen LogP contribution in [0, 0.1) is 10.5 Å². The summed E-state index contributed by atoms with van der Waals surface area (Å²) in [7, 11) is 0. The van der Waals surface area contributed by atoms with Crippen LogP contribution in [0.3, 0.4) is 0 Å². The molecule has 1 atom stereocenters. The van der Waals surface area contributed by atoms with Crippen molar-refractivity contribution in [3.63, 3.8) is 0 Å². The number of nitrogens with one attached hydrogen (secondary N) is 2. The number of para-hydroxylation sites is 1. The number of hydrogen-bond donors (Lipinski definition) is 2. The molecule has 0 saturated carbocycles. The van der Waals surface area contributed by atoms with Gasteiger partial charge in [-0.2, -0.15) is 11.8 Å². The molecule has 0 aliphatic heterocycles. The van der Waals surface area contributed by atoms with Crippen LogP contribution in [0.2, 0.25) is 0 Å². The molecular formula is C20H23IN2O3S. The third-order valence-corrected chi connectivity index (χ3v) is 5.14. The van der Waals surface area contributed by atoms with E-state index < -0.39 is 6.04 Å². The third-order valence-electron chi connectivity index (χ3n) is 3.82. The molecular weight excluding hydrogens is 475 g/mol. The number of thioether (sulfide) groups is 1. The van der Waals surface area contributed by atoms with E-state index >= 15 is 0 Å². The van der Waals surface area contributed by atoms with E-state index in [0.717, 1.165) is 20.6 Å². The lowest BCUT2D eigenvalue weighted by Crippen LogP contribution is -2.46. The molecule has 144 valence electrons. The summed E-state index contributed by atoms with van der Waals surface area (Å²) in [5.41, 5.74) is 1.74. The standard InChI is InChI=1S/C20H23IN2O3S/c1-14-12-15(21)8-9-17(14)23-20(25)18(10-11-27-2)22-19(24)13-26-16-6-4-3-5-7-16/h3-9,12,18H,10-11,13H2,1-2H3,(H,22,24)(H,23,25). The van der Waals surface area contributed by atoms with E-state index in [1.807, 2.05) is 49.6 Å². The molecule has 2 amide bonds. The summed E-state index contributed by atoms with van der Waals surface area (Å²) in [6.45, 7) is 1.82. The molecule has 2 N–H and O–H groups in total. The van der Waals surface area contributed by atoms with E-state index in [-0.39, 0.29) is 18.4 Å². The molecule has 27 heavy (non-hydrogen) atoms. The van der Waals surface area contributed by atoms with Crippen LogP contribution in [0.25, 0.3) is 0 Å². The van der Waals surface area contributed by atoms with E-state index in [1.54, 1.807) is 23.9 Å². The van der Waals surface area contributed by atoms with Crippen LogP contribution in [0.1, 0.15) is 12.0 Å². The van der Waals surface area contributed by atoms with E-state index in [2.05, 4.69) is 33.2 Å². The van der Waals surface area contributed by atoms with Crippen molar-refractivity contribution in [3.8, 4) is 5.75 Å². The van der Waals surface area contributed by atoms with Crippen LogP contribution in [-0.2, 0) is 9.59 Å². The molecule has 0 aromatic heterocycles. The molecule has 0 fully saturated rings. The Kier molecular flexibility index (Phi) is 8.93. The maximum absolute atomic E-state index is 12.7. The van der Waals surface area contributed by atoms with Crippen molar-refractivity contribution >= 4 is 51.9 Å². The van der Waals surface area contributed by atoms with Crippen molar-refractivity contribution in [2.75, 3.05) is 23.9 Å². The van der Waals surface area contributed by atoms with Crippen molar-refractivity contribution in [2.24, 2.45) is 0 Å². The van der Waals surface area contributed by atoms with Crippen molar-refractivity contribution in [2.45, 2.75) is 19.4 Å². The van der Waals surface area contributed by atoms with E-state index in [9.17, 15) is 9.59 Å². The molecule has 1 unspecified atom stereocenters. The Bertz CT molecular complexity index is 771. The summed E-state index contributed by atoms with van der Waals surface area (Å²) in [6, 6.07) is 14.3. The Morgan fingerprint density at radius 1 is 1.19 bits per heavy atom. The normalized spacial score (nSPS) is 11.5. The van der Waals surface area contributed by atoms with Gasteiger partial charge in [0.05, 0.1) is 0 Å². The topological polar surface area (TPSA) is 67.4 Å². The highest BCUT2D eigenvalue weighted by atomic mass is 127. The van der Waals surface area contributed by atoms with Gasteiger partial charge in [-0.05, 0) is 83.8 Å². The van der Waals surface area contributed by atoms with Gasteiger partial charge in [0.1, 0.15) is 11.8 Å². The Balaban J connectivity index is 1.96. The van der Waals surface area contributed by atoms with Gasteiger partial charge in [-0.15, -0.1) is 0 Å². The van der Waals surface area contributed by atoms with Crippen LogP contribution in [-0.4, -0.2) is 36.5 Å². The van der Waals surface area contributed by atoms with Gasteiger partial charge >= 0.3 is 0 Å². The fraction of sp³-hybridized carbons (Fsp3) is 0.300. The average Bonchev–Trinajstić information content (AvgIpc) is 2.66. The molecule has 0 aliphatic carbocycles. The lowest BCUT2D eigenvalue weighted by atomic mass is 10.1. The van der Waals surface area contributed by atoms with Crippen LogP contribution in [0.5, 0.6) is 5.75 Å². The van der Waals surface area contributed by atoms with E-state index in [0.29, 0.717) is 12.2 Å². The number of rotatable bonds is 9. The van der Waals surface area contributed by atoms with Crippen molar-refractivity contribution in [1.29, 1.82) is 0 Å². The largest absolute Gasteiger partial charge is 0.484 e. The minimum Gasteiger partial charge on any atom is -0.484 e. The highest BCUT2D eigenvalue weighted by Crippen LogP contribution is 2.18. The van der Waals surface area contributed by atoms with Gasteiger partial charge in [0.25, 0.3) is 5.91 Å². The van der Waals surface area contributed by atoms with Gasteiger partial charge < -0.3 is 15.4 Å². The van der Waals surface area contributed by atoms with Crippen LogP contribution < -0.4 is 15.4 Å². The Morgan fingerprint density at radius 3 is 2.59 bits per heavy atom. The van der Waals surface area contributed by atoms with Gasteiger partial charge in [0, 0.05) is 9.26 Å². The number of hydrogen-bond acceptors (Lipinski definition) is 4. The molecule has 0 heterocycles. The van der Waals surface area contributed by atoms with Crippen molar-refractivity contribution in [3.05, 3.63) is 57.7 Å². The second-order valence-corrected chi connectivity index (χ2v) is 8.18. The van der Waals surface area contributed by atoms with Crippen LogP contribution in [0.4, 0.5) is 5.69 Å². The van der Waals surface area contributed by atoms with Crippen molar-refractivity contribution < 1.29 is 14.3 Å². The predicted octanol–water partition coefficient (Wildman–Crippen LogP) is 3.86. The molecule has 5 nitrogen and oxygen atoms in total. The molecule has 0 bridgehead atoms. The van der Waals surface area contributed by atoms with Gasteiger partial charge in [0.15, 0.2) is 6.61 Å². The molecule has 0 saturated heterocycles. The molecule has 0 radical (unpaired) electrons. The fourth-order valence-electron chi connectivity index (χ4n) is 2.39. The number of benzene rings is 2. The first-order chi connectivity index (χ1) is 13.0. The lowest BCUT2D eigenvalue weighted by Gasteiger charge is -2.19. The molecule has 7 heteroatoms. The minimum atomic E-state index is -0.608. The second-order valence-electron chi connectivity index (χ2n) is 5.95. The zero-order chi connectivity index (χ0) is 19.6. The van der Waals surface area contributed by atoms with Gasteiger partial charge in [0.2, 0.25) is 5.91 Å². The fourth-order valence-corrected chi connectivity index (χ4v) is 3.51. The Hall–Kier alpha value is -1.74. The Labute approximate surface area is 177 Å². The SMILES string of the molecule is CSCCC(NC(=O)COc1ccccc1)C(=O)Nc1ccc(I)cc1C. The van der Waals surface area contributed by atoms with E-state index in [4.69, 9.17) is 4.74 Å². The number of halogens is 1. The summed E-state index contributed by atoms with van der Waals surface area (Å²) in [6.07, 6.45) is 2.52. The van der Waals surface area contributed by atoms with Crippen LogP contribution in [0.15, 0.2) is 48.5 Å². The van der Waals surface area contributed by atoms with Crippen LogP contribution >= 0.6 is 34.4 Å². The summed E-state index contributed by atoms with van der Waals surface area (Å²) >= 11 is 3.86. The summed E-state index contributed by atoms with van der Waals surface area (Å²) in [4.78, 5) is 24.9. The smallest absolute Gasteiger partial charge is 0.258 e. The highest BCUT2D eigenvalue weighted by Gasteiger charge is 2.21. The number of amides is 2. The zero-order valence-corrected chi connectivity index (χ0v) is 18.3. The molecule has 2 aromatic rings. The first-order valence-corrected chi connectivity index (χ1v) is 11.0. The molecule has 0 aliphatic rings. The quantitative estimate of drug-likeness (QED) is 0.516. The number of anilines is 1. The predicted molar refractivity (Wildman–Crippen MR) is 119 cm³/mol. The Morgan fingerprint density at radius 2 is 1.93 bits per heavy atom. The summed E-state index contributed by atoms with van der Waals surface area (Å²) < 4.78 is 6.56. The first kappa shape index (κ1) is 21.6. The average molecular weight is 498 g/mol. The number of aryl methyl sites for hydroxylation is 1. The molecule has 2 rings (SSSR count). The summed E-state index contributed by atoms with van der Waals surface area (Å²) in [5.74, 6) is 0.844. The number of carbonyl (C=O) groups excluding carboxylic acids is 2. The second kappa shape index (κ2) is 11.2. The molecule has 2 aromatic carbocycles. The lowest BCUT2D eigenvalue weighted by molar-refractivity contribution is -0.127. The van der Waals surface area contributed by atoms with Gasteiger partial charge in [-0.1, -0.05) is 18.2 Å². The van der Waals surface area contributed by atoms with E-state index in [1.165, 1.54) is 0 Å². The van der Waals surface area contributed by atoms with Gasteiger partial charge in [-0.25, -0.2) is 0 Å². The monoisotopic (exact) mass is 498 g/mol. The van der Waals surface area contributed by atoms with Gasteiger partial charge in [-0.3, -0.25) is 9.59 Å². The third kappa shape index (κ3) is 7.42.